The molecule has 1 aliphatic rings. The van der Waals surface area contributed by atoms with Gasteiger partial charge in [-0.3, -0.25) is 4.79 Å². The average Bonchev–Trinajstić information content (AvgIpc) is 2.46. The number of allylic oxidation sites excluding steroid dienone is 1. The number of halogens is 2. The van der Waals surface area contributed by atoms with Crippen molar-refractivity contribution in [1.82, 2.24) is 5.32 Å². The number of esters is 1. The van der Waals surface area contributed by atoms with E-state index in [1.807, 2.05) is 6.26 Å². The summed E-state index contributed by atoms with van der Waals surface area (Å²) in [4.78, 5) is 24.4. The number of rotatable bonds is 5. The highest BCUT2D eigenvalue weighted by molar-refractivity contribution is 7.98. The first kappa shape index (κ1) is 18.2. The van der Waals surface area contributed by atoms with Crippen LogP contribution in [0.25, 0.3) is 0 Å². The van der Waals surface area contributed by atoms with Gasteiger partial charge in [-0.2, -0.15) is 11.8 Å². The fourth-order valence-electron chi connectivity index (χ4n) is 2.56. The van der Waals surface area contributed by atoms with E-state index in [1.165, 1.54) is 0 Å². The largest absolute Gasteiger partial charge is 0.461 e. The second-order valence-corrected chi connectivity index (χ2v) is 6.91. The van der Waals surface area contributed by atoms with E-state index in [0.29, 0.717) is 39.2 Å². The molecule has 0 bridgehead atoms. The van der Waals surface area contributed by atoms with Crippen LogP contribution in [-0.2, 0) is 14.3 Å². The number of carbonyl (C=O) groups excluding carboxylic acids is 2. The fraction of sp³-hybridized carbons (Fsp3) is 0.375. The first-order valence-corrected chi connectivity index (χ1v) is 9.21. The minimum absolute atomic E-state index is 0.105. The maximum Gasteiger partial charge on any atom is 0.336 e. The molecule has 0 saturated heterocycles. The van der Waals surface area contributed by atoms with Gasteiger partial charge in [-0.1, -0.05) is 29.3 Å². The number of hydrogen-bond donors (Lipinski definition) is 1. The molecule has 0 fully saturated rings. The Labute approximate surface area is 149 Å². The van der Waals surface area contributed by atoms with E-state index < -0.39 is 11.9 Å². The van der Waals surface area contributed by atoms with Crippen LogP contribution in [0, 0.1) is 0 Å². The molecule has 1 atom stereocenters. The highest BCUT2D eigenvalue weighted by Crippen LogP contribution is 2.40. The quantitative estimate of drug-likeness (QED) is 0.630. The number of nitrogens with one attached hydrogen (secondary N) is 1. The zero-order valence-electron chi connectivity index (χ0n) is 12.8. The number of benzene rings is 1. The van der Waals surface area contributed by atoms with Crippen LogP contribution < -0.4 is 5.32 Å². The maximum absolute atomic E-state index is 12.5. The highest BCUT2D eigenvalue weighted by atomic mass is 35.5. The van der Waals surface area contributed by atoms with Crippen molar-refractivity contribution in [3.63, 3.8) is 0 Å². The summed E-state index contributed by atoms with van der Waals surface area (Å²) in [7, 11) is 0. The van der Waals surface area contributed by atoms with Crippen LogP contribution >= 0.6 is 35.0 Å². The van der Waals surface area contributed by atoms with Gasteiger partial charge in [0.15, 0.2) is 0 Å². The second kappa shape index (κ2) is 8.08. The Kier molecular flexibility index (Phi) is 6.39. The van der Waals surface area contributed by atoms with Gasteiger partial charge in [-0.15, -0.1) is 0 Å². The molecule has 1 amide bonds. The lowest BCUT2D eigenvalue weighted by Crippen LogP contribution is -2.34. The topological polar surface area (TPSA) is 55.4 Å². The zero-order chi connectivity index (χ0) is 17.0. The van der Waals surface area contributed by atoms with Gasteiger partial charge in [0.2, 0.25) is 5.91 Å². The lowest BCUT2D eigenvalue weighted by atomic mass is 9.84. The van der Waals surface area contributed by atoms with E-state index >= 15 is 0 Å². The van der Waals surface area contributed by atoms with Crippen molar-refractivity contribution >= 4 is 46.8 Å². The monoisotopic (exact) mass is 373 g/mol. The number of ether oxygens (including phenoxy) is 1. The molecule has 2 rings (SSSR count). The second-order valence-electron chi connectivity index (χ2n) is 5.11. The third kappa shape index (κ3) is 4.22. The summed E-state index contributed by atoms with van der Waals surface area (Å²) in [6.07, 6.45) is 2.04. The minimum atomic E-state index is -0.508. The molecular weight excluding hydrogens is 357 g/mol. The average molecular weight is 374 g/mol. The molecule has 0 radical (unpaired) electrons. The summed E-state index contributed by atoms with van der Waals surface area (Å²) in [5.74, 6) is -0.421. The number of thioether (sulfide) groups is 1. The summed E-state index contributed by atoms with van der Waals surface area (Å²) in [5.41, 5.74) is 1.47. The Morgan fingerprint density at radius 3 is 2.65 bits per heavy atom. The predicted molar refractivity (Wildman–Crippen MR) is 94.0 cm³/mol. The molecule has 0 aromatic heterocycles. The van der Waals surface area contributed by atoms with Crippen molar-refractivity contribution in [3.05, 3.63) is 45.1 Å². The molecule has 1 aromatic carbocycles. The van der Waals surface area contributed by atoms with Crippen LogP contribution in [0.15, 0.2) is 29.5 Å². The molecule has 23 heavy (non-hydrogen) atoms. The first-order valence-electron chi connectivity index (χ1n) is 7.06. The molecule has 0 unspecified atom stereocenters. The van der Waals surface area contributed by atoms with Crippen molar-refractivity contribution in [1.29, 1.82) is 0 Å². The summed E-state index contributed by atoms with van der Waals surface area (Å²) in [6, 6.07) is 5.12. The molecule has 0 aliphatic carbocycles. The molecule has 1 aromatic rings. The SMILES string of the molecule is CSCCOC(=O)C1=C(C)NC(=O)C[C@@H]1c1c(Cl)cccc1Cl. The van der Waals surface area contributed by atoms with Crippen molar-refractivity contribution in [2.24, 2.45) is 0 Å². The number of carbonyl (C=O) groups is 2. The van der Waals surface area contributed by atoms with E-state index in [9.17, 15) is 9.59 Å². The van der Waals surface area contributed by atoms with Crippen LogP contribution in [0.2, 0.25) is 10.0 Å². The van der Waals surface area contributed by atoms with Crippen molar-refractivity contribution in [2.75, 3.05) is 18.6 Å². The normalized spacial score (nSPS) is 17.9. The van der Waals surface area contributed by atoms with Crippen LogP contribution in [0.3, 0.4) is 0 Å². The van der Waals surface area contributed by atoms with Gasteiger partial charge < -0.3 is 10.1 Å². The van der Waals surface area contributed by atoms with Crippen molar-refractivity contribution < 1.29 is 14.3 Å². The van der Waals surface area contributed by atoms with Gasteiger partial charge >= 0.3 is 5.97 Å². The zero-order valence-corrected chi connectivity index (χ0v) is 15.1. The van der Waals surface area contributed by atoms with Crippen molar-refractivity contribution in [2.45, 2.75) is 19.3 Å². The Bertz CT molecular complexity index is 640. The Balaban J connectivity index is 2.40. The van der Waals surface area contributed by atoms with Gasteiger partial charge in [0.1, 0.15) is 6.61 Å². The maximum atomic E-state index is 12.5. The third-order valence-corrected chi connectivity index (χ3v) is 4.79. The third-order valence-electron chi connectivity index (χ3n) is 3.56. The van der Waals surface area contributed by atoms with Gasteiger partial charge in [-0.05, 0) is 30.9 Å². The van der Waals surface area contributed by atoms with Crippen molar-refractivity contribution in [3.8, 4) is 0 Å². The Hall–Kier alpha value is -1.17. The van der Waals surface area contributed by atoms with E-state index in [4.69, 9.17) is 27.9 Å². The summed E-state index contributed by atoms with van der Waals surface area (Å²) < 4.78 is 5.30. The summed E-state index contributed by atoms with van der Waals surface area (Å²) in [6.45, 7) is 1.99. The number of amides is 1. The molecule has 1 aliphatic heterocycles. The summed E-state index contributed by atoms with van der Waals surface area (Å²) >= 11 is 14.1. The highest BCUT2D eigenvalue weighted by Gasteiger charge is 2.34. The fourth-order valence-corrected chi connectivity index (χ4v) is 3.47. The van der Waals surface area contributed by atoms with E-state index in [2.05, 4.69) is 5.32 Å². The molecule has 124 valence electrons. The van der Waals surface area contributed by atoms with Crippen LogP contribution in [0.5, 0.6) is 0 Å². The van der Waals surface area contributed by atoms with E-state index in [1.54, 1.807) is 36.9 Å². The molecule has 1 N–H and O–H groups in total. The minimum Gasteiger partial charge on any atom is -0.461 e. The van der Waals surface area contributed by atoms with Gasteiger partial charge in [0.25, 0.3) is 0 Å². The molecule has 0 spiro atoms. The number of hydrogen-bond acceptors (Lipinski definition) is 4. The van der Waals surface area contributed by atoms with Gasteiger partial charge in [0.05, 0.1) is 5.57 Å². The van der Waals surface area contributed by atoms with E-state index in [0.717, 1.165) is 0 Å². The van der Waals surface area contributed by atoms with Gasteiger partial charge in [-0.25, -0.2) is 4.79 Å². The molecule has 7 heteroatoms. The van der Waals surface area contributed by atoms with Crippen LogP contribution in [0.4, 0.5) is 0 Å². The van der Waals surface area contributed by atoms with Crippen LogP contribution in [-0.4, -0.2) is 30.5 Å². The van der Waals surface area contributed by atoms with Gasteiger partial charge in [0, 0.05) is 33.8 Å². The molecule has 0 saturated carbocycles. The Morgan fingerprint density at radius 2 is 2.04 bits per heavy atom. The molecule has 1 heterocycles. The molecular formula is C16H17Cl2NO3S. The standard InChI is InChI=1S/C16H17Cl2NO3S/c1-9-14(16(21)22-6-7-23-2)10(8-13(20)19-9)15-11(17)4-3-5-12(15)18/h3-5,10H,6-8H2,1-2H3,(H,19,20)/t10-/m0/s1. The summed E-state index contributed by atoms with van der Waals surface area (Å²) in [5, 5.41) is 3.55. The lowest BCUT2D eigenvalue weighted by Gasteiger charge is -2.27. The molecule has 4 nitrogen and oxygen atoms in total. The van der Waals surface area contributed by atoms with E-state index in [-0.39, 0.29) is 12.3 Å². The predicted octanol–water partition coefficient (Wildman–Crippen LogP) is 3.78. The first-order chi connectivity index (χ1) is 11.0. The Morgan fingerprint density at radius 1 is 1.39 bits per heavy atom. The smallest absolute Gasteiger partial charge is 0.336 e. The van der Waals surface area contributed by atoms with Crippen LogP contribution in [0.1, 0.15) is 24.8 Å². The lowest BCUT2D eigenvalue weighted by molar-refractivity contribution is -0.139.